The van der Waals surface area contributed by atoms with Crippen LogP contribution in [-0.4, -0.2) is 13.6 Å². The monoisotopic (exact) mass is 257 g/mol. The van der Waals surface area contributed by atoms with Gasteiger partial charge < -0.3 is 4.90 Å². The molecule has 1 aliphatic carbocycles. The zero-order valence-corrected chi connectivity index (χ0v) is 10.6. The molecule has 0 N–H and O–H groups in total. The topological polar surface area (TPSA) is 3.24 Å². The summed E-state index contributed by atoms with van der Waals surface area (Å²) in [4.78, 5) is 1.69. The van der Waals surface area contributed by atoms with E-state index in [-0.39, 0.29) is 5.69 Å². The molecule has 0 amide bonds. The second kappa shape index (κ2) is 5.63. The smallest absolute Gasteiger partial charge is 0.196 e. The molecule has 1 saturated carbocycles. The first-order chi connectivity index (χ1) is 8.59. The molecule has 100 valence electrons. The first-order valence-electron chi connectivity index (χ1n) is 6.44. The van der Waals surface area contributed by atoms with Crippen molar-refractivity contribution in [3.63, 3.8) is 0 Å². The third-order valence-electron chi connectivity index (χ3n) is 3.68. The lowest BCUT2D eigenvalue weighted by Gasteiger charge is -2.28. The van der Waals surface area contributed by atoms with E-state index in [9.17, 15) is 13.2 Å². The van der Waals surface area contributed by atoms with Gasteiger partial charge in [0.15, 0.2) is 17.5 Å². The van der Waals surface area contributed by atoms with Gasteiger partial charge in [-0.1, -0.05) is 19.3 Å². The molecule has 1 fully saturated rings. The molecule has 1 nitrogen and oxygen atoms in total. The Bertz CT molecular complexity index is 414. The largest absolute Gasteiger partial charge is 0.372 e. The average Bonchev–Trinajstić information content (AvgIpc) is 2.37. The fourth-order valence-electron chi connectivity index (χ4n) is 2.67. The molecule has 0 heterocycles. The van der Waals surface area contributed by atoms with Crippen molar-refractivity contribution in [2.45, 2.75) is 32.1 Å². The highest BCUT2D eigenvalue weighted by Gasteiger charge is 2.20. The fraction of sp³-hybridized carbons (Fsp3) is 0.571. The predicted molar refractivity (Wildman–Crippen MR) is 66.2 cm³/mol. The van der Waals surface area contributed by atoms with Crippen molar-refractivity contribution in [1.29, 1.82) is 0 Å². The van der Waals surface area contributed by atoms with Gasteiger partial charge in [-0.15, -0.1) is 0 Å². The molecule has 0 radical (unpaired) electrons. The summed E-state index contributed by atoms with van der Waals surface area (Å²) in [7, 11) is 1.73. The Morgan fingerprint density at radius 3 is 2.39 bits per heavy atom. The van der Waals surface area contributed by atoms with Crippen LogP contribution in [0.25, 0.3) is 0 Å². The number of nitrogens with zero attached hydrogens (tertiary/aromatic N) is 1. The Balaban J connectivity index is 2.08. The van der Waals surface area contributed by atoms with E-state index in [2.05, 4.69) is 0 Å². The molecule has 1 aliphatic rings. The maximum atomic E-state index is 13.6. The summed E-state index contributed by atoms with van der Waals surface area (Å²) in [5, 5.41) is 0. The van der Waals surface area contributed by atoms with Gasteiger partial charge in [-0.05, 0) is 30.9 Å². The van der Waals surface area contributed by atoms with E-state index in [4.69, 9.17) is 0 Å². The van der Waals surface area contributed by atoms with Crippen LogP contribution >= 0.6 is 0 Å². The van der Waals surface area contributed by atoms with E-state index in [0.29, 0.717) is 12.5 Å². The number of hydrogen-bond donors (Lipinski definition) is 0. The second-order valence-electron chi connectivity index (χ2n) is 5.08. The molecule has 2 rings (SSSR count). The minimum Gasteiger partial charge on any atom is -0.372 e. The first kappa shape index (κ1) is 13.2. The molecule has 0 aromatic heterocycles. The maximum absolute atomic E-state index is 13.6. The van der Waals surface area contributed by atoms with Crippen LogP contribution in [0, 0.1) is 23.4 Å². The van der Waals surface area contributed by atoms with E-state index in [1.54, 1.807) is 11.9 Å². The Morgan fingerprint density at radius 2 is 1.72 bits per heavy atom. The Labute approximate surface area is 106 Å². The van der Waals surface area contributed by atoms with Gasteiger partial charge in [-0.25, -0.2) is 13.2 Å². The Hall–Kier alpha value is -1.19. The summed E-state index contributed by atoms with van der Waals surface area (Å²) < 4.78 is 39.6. The van der Waals surface area contributed by atoms with Crippen molar-refractivity contribution in [2.24, 2.45) is 5.92 Å². The van der Waals surface area contributed by atoms with Crippen molar-refractivity contribution in [2.75, 3.05) is 18.5 Å². The normalized spacial score (nSPS) is 16.9. The molecule has 0 unspecified atom stereocenters. The van der Waals surface area contributed by atoms with E-state index < -0.39 is 17.5 Å². The molecule has 0 bridgehead atoms. The minimum absolute atomic E-state index is 0.138. The van der Waals surface area contributed by atoms with Crippen molar-refractivity contribution in [1.82, 2.24) is 0 Å². The number of rotatable bonds is 3. The summed E-state index contributed by atoms with van der Waals surface area (Å²) in [5.74, 6) is -3.09. The summed E-state index contributed by atoms with van der Waals surface area (Å²) in [6.07, 6.45) is 5.95. The van der Waals surface area contributed by atoms with Gasteiger partial charge in [0.05, 0.1) is 5.69 Å². The van der Waals surface area contributed by atoms with Crippen LogP contribution in [-0.2, 0) is 0 Å². The first-order valence-corrected chi connectivity index (χ1v) is 6.44. The molecular formula is C14H18F3N. The van der Waals surface area contributed by atoms with Crippen molar-refractivity contribution < 1.29 is 13.2 Å². The third-order valence-corrected chi connectivity index (χ3v) is 3.68. The Kier molecular flexibility index (Phi) is 4.15. The predicted octanol–water partition coefficient (Wildman–Crippen LogP) is 4.12. The van der Waals surface area contributed by atoms with Gasteiger partial charge in [0.1, 0.15) is 0 Å². The molecule has 0 atom stereocenters. The third kappa shape index (κ3) is 2.79. The van der Waals surface area contributed by atoms with Crippen molar-refractivity contribution >= 4 is 5.69 Å². The van der Waals surface area contributed by atoms with Crippen LogP contribution in [0.5, 0.6) is 0 Å². The SMILES string of the molecule is CN(CC1CCCCC1)c1ccc(F)c(F)c1F. The van der Waals surface area contributed by atoms with Crippen LogP contribution in [0.1, 0.15) is 32.1 Å². The second-order valence-corrected chi connectivity index (χ2v) is 5.08. The van der Waals surface area contributed by atoms with Crippen LogP contribution in [0.4, 0.5) is 18.9 Å². The zero-order valence-electron chi connectivity index (χ0n) is 10.6. The molecule has 0 spiro atoms. The number of benzene rings is 1. The van der Waals surface area contributed by atoms with Crippen LogP contribution in [0.15, 0.2) is 12.1 Å². The molecule has 4 heteroatoms. The summed E-state index contributed by atoms with van der Waals surface area (Å²) in [5.41, 5.74) is 0.138. The number of anilines is 1. The van der Waals surface area contributed by atoms with Crippen LogP contribution in [0.3, 0.4) is 0 Å². The van der Waals surface area contributed by atoms with Crippen molar-refractivity contribution in [3.8, 4) is 0 Å². The highest BCUT2D eigenvalue weighted by Crippen LogP contribution is 2.28. The zero-order chi connectivity index (χ0) is 13.1. The Morgan fingerprint density at radius 1 is 1.06 bits per heavy atom. The van der Waals surface area contributed by atoms with Gasteiger partial charge in [-0.2, -0.15) is 0 Å². The van der Waals surface area contributed by atoms with E-state index in [1.165, 1.54) is 25.3 Å². The molecule has 0 aliphatic heterocycles. The summed E-state index contributed by atoms with van der Waals surface area (Å²) in [6.45, 7) is 0.696. The van der Waals surface area contributed by atoms with Crippen LogP contribution in [0.2, 0.25) is 0 Å². The standard InChI is InChI=1S/C14H18F3N/c1-18(9-10-5-3-2-4-6-10)12-8-7-11(15)13(16)14(12)17/h7-8,10H,2-6,9H2,1H3. The van der Waals surface area contributed by atoms with Gasteiger partial charge in [0.2, 0.25) is 0 Å². The molecule has 1 aromatic carbocycles. The van der Waals surface area contributed by atoms with E-state index >= 15 is 0 Å². The average molecular weight is 257 g/mol. The van der Waals surface area contributed by atoms with Gasteiger partial charge >= 0.3 is 0 Å². The lowest BCUT2D eigenvalue weighted by molar-refractivity contribution is 0.360. The summed E-state index contributed by atoms with van der Waals surface area (Å²) in [6, 6.07) is 2.28. The minimum atomic E-state index is -1.39. The molecular weight excluding hydrogens is 239 g/mol. The lowest BCUT2D eigenvalue weighted by atomic mass is 9.89. The maximum Gasteiger partial charge on any atom is 0.196 e. The highest BCUT2D eigenvalue weighted by atomic mass is 19.2. The van der Waals surface area contributed by atoms with Gasteiger partial charge in [0.25, 0.3) is 0 Å². The quantitative estimate of drug-likeness (QED) is 0.736. The van der Waals surface area contributed by atoms with E-state index in [1.807, 2.05) is 0 Å². The lowest BCUT2D eigenvalue weighted by Crippen LogP contribution is -2.27. The molecule has 1 aromatic rings. The number of halogens is 3. The fourth-order valence-corrected chi connectivity index (χ4v) is 2.67. The molecule has 18 heavy (non-hydrogen) atoms. The summed E-state index contributed by atoms with van der Waals surface area (Å²) >= 11 is 0. The van der Waals surface area contributed by atoms with Gasteiger partial charge in [-0.3, -0.25) is 0 Å². The van der Waals surface area contributed by atoms with Crippen LogP contribution < -0.4 is 4.90 Å². The highest BCUT2D eigenvalue weighted by molar-refractivity contribution is 5.47. The van der Waals surface area contributed by atoms with Gasteiger partial charge in [0, 0.05) is 13.6 Å². The van der Waals surface area contributed by atoms with Crippen molar-refractivity contribution in [3.05, 3.63) is 29.6 Å². The molecule has 0 saturated heterocycles. The van der Waals surface area contributed by atoms with E-state index in [0.717, 1.165) is 18.9 Å². The number of hydrogen-bond acceptors (Lipinski definition) is 1.